The molecule has 0 saturated carbocycles. The van der Waals surface area contributed by atoms with Gasteiger partial charge in [-0.05, 0) is 87.0 Å². The Kier molecular flexibility index (Phi) is 7.30. The van der Waals surface area contributed by atoms with Gasteiger partial charge in [0, 0.05) is 16.2 Å². The molecule has 2 amide bonds. The monoisotopic (exact) mass is 522 g/mol. The molecular weight excluding hydrogens is 496 g/mol. The first-order chi connectivity index (χ1) is 17.5. The van der Waals surface area contributed by atoms with E-state index >= 15 is 0 Å². The summed E-state index contributed by atoms with van der Waals surface area (Å²) in [5.74, 6) is 0.522. The van der Waals surface area contributed by atoms with E-state index in [1.54, 1.807) is 55.5 Å². The Morgan fingerprint density at radius 1 is 1.08 bits per heavy atom. The zero-order valence-corrected chi connectivity index (χ0v) is 21.6. The van der Waals surface area contributed by atoms with Crippen LogP contribution in [0.5, 0.6) is 5.75 Å². The van der Waals surface area contributed by atoms with Crippen molar-refractivity contribution in [3.63, 3.8) is 0 Å². The maximum atomic E-state index is 13.8. The molecule has 0 aliphatic rings. The van der Waals surface area contributed by atoms with Crippen LogP contribution in [0.4, 0.5) is 5.69 Å². The van der Waals surface area contributed by atoms with Gasteiger partial charge >= 0.3 is 0 Å². The zero-order chi connectivity index (χ0) is 26.7. The van der Waals surface area contributed by atoms with E-state index in [2.05, 4.69) is 20.7 Å². The second-order valence-electron chi connectivity index (χ2n) is 9.53. The molecule has 1 atom stereocenters. The van der Waals surface area contributed by atoms with Gasteiger partial charge in [0.1, 0.15) is 24.1 Å². The van der Waals surface area contributed by atoms with Crippen LogP contribution in [0, 0.1) is 6.92 Å². The average molecular weight is 523 g/mol. The predicted octanol–water partition coefficient (Wildman–Crippen LogP) is 4.29. The number of carbonyl (C=O) groups excluding carboxylic acids is 2. The molecule has 192 valence electrons. The van der Waals surface area contributed by atoms with Crippen LogP contribution in [0.15, 0.2) is 65.1 Å². The molecule has 4 aromatic rings. The van der Waals surface area contributed by atoms with E-state index in [4.69, 9.17) is 16.0 Å². The fourth-order valence-electron chi connectivity index (χ4n) is 3.71. The van der Waals surface area contributed by atoms with E-state index in [-0.39, 0.29) is 18.1 Å². The third kappa shape index (κ3) is 6.34. The van der Waals surface area contributed by atoms with E-state index in [9.17, 15) is 14.7 Å². The van der Waals surface area contributed by atoms with Crippen LogP contribution < -0.4 is 10.2 Å². The number of amides is 2. The van der Waals surface area contributed by atoms with Crippen molar-refractivity contribution >= 4 is 29.1 Å². The van der Waals surface area contributed by atoms with E-state index in [0.29, 0.717) is 27.8 Å². The smallest absolute Gasteiger partial charge is 0.251 e. The molecule has 0 fully saturated rings. The number of phenolic OH excluding ortho intramolecular Hbond substituents is 1. The van der Waals surface area contributed by atoms with Gasteiger partial charge in [-0.3, -0.25) is 14.5 Å². The molecule has 2 N–H and O–H groups in total. The molecule has 1 unspecified atom stereocenters. The molecule has 37 heavy (non-hydrogen) atoms. The van der Waals surface area contributed by atoms with Gasteiger partial charge in [-0.1, -0.05) is 23.7 Å². The summed E-state index contributed by atoms with van der Waals surface area (Å²) < 4.78 is 5.54. The van der Waals surface area contributed by atoms with Gasteiger partial charge in [0.05, 0.1) is 0 Å². The Morgan fingerprint density at radius 2 is 1.76 bits per heavy atom. The standard InChI is InChI=1S/C26H27ClN6O4/c1-16-5-14-21(37-16)24-29-31-32(30-24)15-22(35)33(19-10-8-18(27)9-11-19)23(25(36)28-26(2,3)4)17-6-12-20(34)13-7-17/h5-14,23,34H,15H2,1-4H3,(H,28,36). The van der Waals surface area contributed by atoms with Crippen molar-refractivity contribution in [2.45, 2.75) is 45.8 Å². The van der Waals surface area contributed by atoms with Crippen LogP contribution in [-0.4, -0.2) is 42.7 Å². The summed E-state index contributed by atoms with van der Waals surface area (Å²) >= 11 is 6.10. The molecule has 0 bridgehead atoms. The first-order valence-electron chi connectivity index (χ1n) is 11.5. The minimum atomic E-state index is -1.07. The first kappa shape index (κ1) is 25.9. The van der Waals surface area contributed by atoms with E-state index in [0.717, 1.165) is 4.80 Å². The van der Waals surface area contributed by atoms with Crippen molar-refractivity contribution < 1.29 is 19.1 Å². The molecule has 2 aromatic carbocycles. The number of hydrogen-bond acceptors (Lipinski definition) is 7. The lowest BCUT2D eigenvalue weighted by Gasteiger charge is -2.33. The van der Waals surface area contributed by atoms with Crippen LogP contribution in [0.2, 0.25) is 5.02 Å². The number of carbonyl (C=O) groups is 2. The fourth-order valence-corrected chi connectivity index (χ4v) is 3.84. The lowest BCUT2D eigenvalue weighted by atomic mass is 10.0. The number of anilines is 1. The Morgan fingerprint density at radius 3 is 2.35 bits per heavy atom. The van der Waals surface area contributed by atoms with E-state index in [1.165, 1.54) is 17.0 Å². The predicted molar refractivity (Wildman–Crippen MR) is 138 cm³/mol. The zero-order valence-electron chi connectivity index (χ0n) is 20.8. The SMILES string of the molecule is Cc1ccc(-c2nnn(CC(=O)N(c3ccc(Cl)cc3)C(C(=O)NC(C)(C)C)c3ccc(O)cc3)n2)o1. The normalized spacial score (nSPS) is 12.2. The second-order valence-corrected chi connectivity index (χ2v) is 9.96. The second kappa shape index (κ2) is 10.4. The summed E-state index contributed by atoms with van der Waals surface area (Å²) in [4.78, 5) is 29.9. The quantitative estimate of drug-likeness (QED) is 0.370. The van der Waals surface area contributed by atoms with Crippen molar-refractivity contribution in [1.82, 2.24) is 25.5 Å². The molecule has 2 heterocycles. The van der Waals surface area contributed by atoms with Gasteiger partial charge in [0.2, 0.25) is 11.7 Å². The Balaban J connectivity index is 1.74. The summed E-state index contributed by atoms with van der Waals surface area (Å²) in [5, 5.41) is 25.5. The number of nitrogens with one attached hydrogen (secondary N) is 1. The van der Waals surface area contributed by atoms with Crippen molar-refractivity contribution in [3.8, 4) is 17.3 Å². The summed E-state index contributed by atoms with van der Waals surface area (Å²) in [7, 11) is 0. The van der Waals surface area contributed by atoms with Gasteiger partial charge in [0.15, 0.2) is 5.76 Å². The van der Waals surface area contributed by atoms with Gasteiger partial charge in [0.25, 0.3) is 5.91 Å². The summed E-state index contributed by atoms with van der Waals surface area (Å²) in [6, 6.07) is 15.2. The van der Waals surface area contributed by atoms with Gasteiger partial charge < -0.3 is 14.8 Å². The maximum Gasteiger partial charge on any atom is 0.251 e. The summed E-state index contributed by atoms with van der Waals surface area (Å²) in [6.45, 7) is 7.06. The van der Waals surface area contributed by atoms with Gasteiger partial charge in [-0.2, -0.15) is 4.80 Å². The van der Waals surface area contributed by atoms with Gasteiger partial charge in [-0.25, -0.2) is 0 Å². The number of furan rings is 1. The molecule has 0 radical (unpaired) electrons. The number of rotatable bonds is 7. The minimum Gasteiger partial charge on any atom is -0.508 e. The highest BCUT2D eigenvalue weighted by Gasteiger charge is 2.35. The Bertz CT molecular complexity index is 1390. The van der Waals surface area contributed by atoms with Crippen LogP contribution in [0.1, 0.15) is 38.1 Å². The third-order valence-corrected chi connectivity index (χ3v) is 5.53. The number of halogens is 1. The number of aromatic nitrogens is 4. The highest BCUT2D eigenvalue weighted by Crippen LogP contribution is 2.31. The number of hydrogen-bond donors (Lipinski definition) is 2. The topological polar surface area (TPSA) is 126 Å². The number of nitrogens with zero attached hydrogens (tertiary/aromatic N) is 5. The maximum absolute atomic E-state index is 13.8. The van der Waals surface area contributed by atoms with E-state index < -0.39 is 23.4 Å². The van der Waals surface area contributed by atoms with Crippen molar-refractivity contribution in [2.24, 2.45) is 0 Å². The van der Waals surface area contributed by atoms with Crippen molar-refractivity contribution in [1.29, 1.82) is 0 Å². The van der Waals surface area contributed by atoms with Crippen LogP contribution in [0.25, 0.3) is 11.6 Å². The molecule has 2 aromatic heterocycles. The Hall–Kier alpha value is -4.18. The molecule has 4 rings (SSSR count). The van der Waals surface area contributed by atoms with Crippen LogP contribution >= 0.6 is 11.6 Å². The minimum absolute atomic E-state index is 0.0376. The summed E-state index contributed by atoms with van der Waals surface area (Å²) in [5.41, 5.74) is 0.379. The number of aromatic hydroxyl groups is 1. The highest BCUT2D eigenvalue weighted by molar-refractivity contribution is 6.30. The largest absolute Gasteiger partial charge is 0.508 e. The number of aryl methyl sites for hydroxylation is 1. The lowest BCUT2D eigenvalue weighted by molar-refractivity contribution is -0.128. The first-order valence-corrected chi connectivity index (χ1v) is 11.9. The van der Waals surface area contributed by atoms with E-state index in [1.807, 2.05) is 20.8 Å². The molecule has 0 spiro atoms. The van der Waals surface area contributed by atoms with Crippen LogP contribution in [-0.2, 0) is 16.1 Å². The van der Waals surface area contributed by atoms with Crippen LogP contribution in [0.3, 0.4) is 0 Å². The molecule has 0 aliphatic heterocycles. The number of tetrazole rings is 1. The Labute approximate surface area is 218 Å². The summed E-state index contributed by atoms with van der Waals surface area (Å²) in [6.07, 6.45) is 0. The average Bonchev–Trinajstić information content (AvgIpc) is 3.46. The fraction of sp³-hybridized carbons (Fsp3) is 0.269. The molecule has 0 saturated heterocycles. The van der Waals surface area contributed by atoms with Gasteiger partial charge in [-0.15, -0.1) is 10.2 Å². The van der Waals surface area contributed by atoms with Crippen molar-refractivity contribution in [3.05, 3.63) is 77.0 Å². The number of phenols is 1. The molecular formula is C26H27ClN6O4. The highest BCUT2D eigenvalue weighted by atomic mass is 35.5. The molecule has 11 heteroatoms. The van der Waals surface area contributed by atoms with Crippen molar-refractivity contribution in [2.75, 3.05) is 4.90 Å². The number of benzene rings is 2. The molecule has 10 nitrogen and oxygen atoms in total. The lowest BCUT2D eigenvalue weighted by Crippen LogP contribution is -2.50. The molecule has 0 aliphatic carbocycles. The third-order valence-electron chi connectivity index (χ3n) is 5.28.